The number of benzene rings is 1. The standard InChI is InChI=1S/C14H18BrClN2/c15-11-4-5-14(13(16)9-11)18-8-7-17-6-2-1-3-12(17)10-18/h4-5,9,12H,1-3,6-8,10H2. The quantitative estimate of drug-likeness (QED) is 0.774. The Kier molecular flexibility index (Phi) is 3.83. The van der Waals surface area contributed by atoms with Gasteiger partial charge < -0.3 is 4.90 Å². The van der Waals surface area contributed by atoms with Crippen molar-refractivity contribution in [3.8, 4) is 0 Å². The van der Waals surface area contributed by atoms with E-state index in [0.29, 0.717) is 0 Å². The molecule has 1 unspecified atom stereocenters. The van der Waals surface area contributed by atoms with Crippen molar-refractivity contribution < 1.29 is 0 Å². The SMILES string of the molecule is Clc1cc(Br)ccc1N1CCN2CCCCC2C1. The zero-order chi connectivity index (χ0) is 12.5. The van der Waals surface area contributed by atoms with Crippen molar-refractivity contribution in [1.29, 1.82) is 0 Å². The van der Waals surface area contributed by atoms with Gasteiger partial charge in [0.15, 0.2) is 0 Å². The lowest BCUT2D eigenvalue weighted by molar-refractivity contribution is 0.133. The van der Waals surface area contributed by atoms with Gasteiger partial charge in [0, 0.05) is 30.1 Å². The third-order valence-electron chi connectivity index (χ3n) is 4.09. The fourth-order valence-electron chi connectivity index (χ4n) is 3.11. The molecule has 0 bridgehead atoms. The number of anilines is 1. The van der Waals surface area contributed by atoms with Crippen molar-refractivity contribution in [2.45, 2.75) is 25.3 Å². The summed E-state index contributed by atoms with van der Waals surface area (Å²) < 4.78 is 1.05. The minimum Gasteiger partial charge on any atom is -0.367 e. The van der Waals surface area contributed by atoms with Crippen LogP contribution in [0.2, 0.25) is 5.02 Å². The van der Waals surface area contributed by atoms with Crippen LogP contribution in [0.5, 0.6) is 0 Å². The van der Waals surface area contributed by atoms with Crippen molar-refractivity contribution in [1.82, 2.24) is 4.90 Å². The molecule has 0 spiro atoms. The summed E-state index contributed by atoms with van der Waals surface area (Å²) in [5, 5.41) is 0.855. The summed E-state index contributed by atoms with van der Waals surface area (Å²) >= 11 is 9.82. The molecule has 2 saturated heterocycles. The highest BCUT2D eigenvalue weighted by molar-refractivity contribution is 9.10. The molecule has 0 aliphatic carbocycles. The van der Waals surface area contributed by atoms with Crippen LogP contribution in [-0.4, -0.2) is 37.1 Å². The Bertz CT molecular complexity index is 438. The number of halogens is 2. The van der Waals surface area contributed by atoms with Crippen LogP contribution in [0.4, 0.5) is 5.69 Å². The first-order valence-electron chi connectivity index (χ1n) is 6.68. The molecule has 0 aromatic heterocycles. The lowest BCUT2D eigenvalue weighted by atomic mass is 9.99. The third-order valence-corrected chi connectivity index (χ3v) is 4.88. The van der Waals surface area contributed by atoms with E-state index in [1.54, 1.807) is 0 Å². The maximum absolute atomic E-state index is 6.35. The fraction of sp³-hybridized carbons (Fsp3) is 0.571. The first-order valence-corrected chi connectivity index (χ1v) is 7.85. The van der Waals surface area contributed by atoms with Gasteiger partial charge in [-0.2, -0.15) is 0 Å². The molecule has 2 aliphatic rings. The molecule has 4 heteroatoms. The number of hydrogen-bond acceptors (Lipinski definition) is 2. The van der Waals surface area contributed by atoms with E-state index in [-0.39, 0.29) is 0 Å². The summed E-state index contributed by atoms with van der Waals surface area (Å²) in [6.45, 7) is 4.68. The Morgan fingerprint density at radius 2 is 2.06 bits per heavy atom. The normalized spacial score (nSPS) is 25.0. The van der Waals surface area contributed by atoms with Gasteiger partial charge in [0.25, 0.3) is 0 Å². The van der Waals surface area contributed by atoms with Gasteiger partial charge in [-0.1, -0.05) is 34.0 Å². The zero-order valence-corrected chi connectivity index (χ0v) is 12.8. The topological polar surface area (TPSA) is 6.48 Å². The van der Waals surface area contributed by atoms with Crippen molar-refractivity contribution >= 4 is 33.2 Å². The summed E-state index contributed by atoms with van der Waals surface area (Å²) in [4.78, 5) is 5.09. The molecule has 2 nitrogen and oxygen atoms in total. The van der Waals surface area contributed by atoms with Crippen molar-refractivity contribution in [2.75, 3.05) is 31.1 Å². The third kappa shape index (κ3) is 2.54. The first kappa shape index (κ1) is 12.8. The van der Waals surface area contributed by atoms with E-state index in [4.69, 9.17) is 11.6 Å². The van der Waals surface area contributed by atoms with Crippen LogP contribution in [0.1, 0.15) is 19.3 Å². The predicted molar refractivity (Wildman–Crippen MR) is 80.6 cm³/mol. The van der Waals surface area contributed by atoms with Crippen LogP contribution in [0.3, 0.4) is 0 Å². The molecule has 2 fully saturated rings. The molecule has 2 heterocycles. The predicted octanol–water partition coefficient (Wildman–Crippen LogP) is 3.78. The molecular weight excluding hydrogens is 312 g/mol. The van der Waals surface area contributed by atoms with Gasteiger partial charge in [0.1, 0.15) is 0 Å². The van der Waals surface area contributed by atoms with E-state index in [1.807, 2.05) is 6.07 Å². The summed E-state index contributed by atoms with van der Waals surface area (Å²) in [5.41, 5.74) is 1.19. The van der Waals surface area contributed by atoms with E-state index < -0.39 is 0 Å². The number of hydrogen-bond donors (Lipinski definition) is 0. The maximum Gasteiger partial charge on any atom is 0.0650 e. The Hall–Kier alpha value is -0.250. The molecule has 0 amide bonds. The van der Waals surface area contributed by atoms with E-state index in [2.05, 4.69) is 37.9 Å². The highest BCUT2D eigenvalue weighted by Gasteiger charge is 2.29. The maximum atomic E-state index is 6.35. The summed E-state index contributed by atoms with van der Waals surface area (Å²) in [6.07, 6.45) is 4.09. The monoisotopic (exact) mass is 328 g/mol. The minimum atomic E-state index is 0.729. The second-order valence-corrected chi connectivity index (χ2v) is 6.55. The molecule has 3 rings (SSSR count). The summed E-state index contributed by atoms with van der Waals surface area (Å²) in [7, 11) is 0. The van der Waals surface area contributed by atoms with Gasteiger partial charge in [0.2, 0.25) is 0 Å². The van der Waals surface area contributed by atoms with E-state index >= 15 is 0 Å². The number of fused-ring (bicyclic) bond motifs is 1. The van der Waals surface area contributed by atoms with Crippen LogP contribution in [-0.2, 0) is 0 Å². The number of piperazine rings is 1. The Morgan fingerprint density at radius 1 is 1.17 bits per heavy atom. The van der Waals surface area contributed by atoms with Gasteiger partial charge in [-0.05, 0) is 37.6 Å². The van der Waals surface area contributed by atoms with Crippen molar-refractivity contribution in [3.05, 3.63) is 27.7 Å². The highest BCUT2D eigenvalue weighted by atomic mass is 79.9. The molecule has 98 valence electrons. The van der Waals surface area contributed by atoms with E-state index in [9.17, 15) is 0 Å². The average molecular weight is 330 g/mol. The van der Waals surface area contributed by atoms with Gasteiger partial charge in [0.05, 0.1) is 10.7 Å². The molecule has 0 radical (unpaired) electrons. The molecule has 18 heavy (non-hydrogen) atoms. The minimum absolute atomic E-state index is 0.729. The van der Waals surface area contributed by atoms with Crippen LogP contribution in [0.15, 0.2) is 22.7 Å². The second kappa shape index (κ2) is 5.40. The Morgan fingerprint density at radius 3 is 2.89 bits per heavy atom. The van der Waals surface area contributed by atoms with E-state index in [0.717, 1.165) is 28.6 Å². The number of rotatable bonds is 1. The van der Waals surface area contributed by atoms with Crippen LogP contribution in [0, 0.1) is 0 Å². The zero-order valence-electron chi connectivity index (χ0n) is 10.4. The molecule has 2 aliphatic heterocycles. The van der Waals surface area contributed by atoms with Gasteiger partial charge in [-0.25, -0.2) is 0 Å². The molecule has 0 saturated carbocycles. The van der Waals surface area contributed by atoms with Gasteiger partial charge >= 0.3 is 0 Å². The van der Waals surface area contributed by atoms with Crippen LogP contribution >= 0.6 is 27.5 Å². The lowest BCUT2D eigenvalue weighted by Crippen LogP contribution is -2.54. The summed E-state index contributed by atoms with van der Waals surface area (Å²) in [5.74, 6) is 0. The number of piperidine rings is 1. The molecule has 1 aromatic carbocycles. The molecular formula is C14H18BrClN2. The van der Waals surface area contributed by atoms with Crippen LogP contribution < -0.4 is 4.90 Å². The number of nitrogens with zero attached hydrogens (tertiary/aromatic N) is 2. The van der Waals surface area contributed by atoms with Crippen molar-refractivity contribution in [3.63, 3.8) is 0 Å². The highest BCUT2D eigenvalue weighted by Crippen LogP contribution is 2.31. The Labute approximate surface area is 122 Å². The van der Waals surface area contributed by atoms with E-state index in [1.165, 1.54) is 38.0 Å². The fourth-order valence-corrected chi connectivity index (χ4v) is 3.91. The lowest BCUT2D eigenvalue weighted by Gasteiger charge is -2.45. The molecule has 1 aromatic rings. The first-order chi connectivity index (χ1) is 8.74. The Balaban J connectivity index is 1.77. The smallest absolute Gasteiger partial charge is 0.0650 e. The largest absolute Gasteiger partial charge is 0.367 e. The second-order valence-electron chi connectivity index (χ2n) is 5.23. The van der Waals surface area contributed by atoms with Crippen LogP contribution in [0.25, 0.3) is 0 Å². The molecule has 0 N–H and O–H groups in total. The van der Waals surface area contributed by atoms with Gasteiger partial charge in [-0.3, -0.25) is 4.90 Å². The molecule has 1 atom stereocenters. The average Bonchev–Trinajstić information content (AvgIpc) is 2.38. The van der Waals surface area contributed by atoms with Crippen molar-refractivity contribution in [2.24, 2.45) is 0 Å². The summed E-state index contributed by atoms with van der Waals surface area (Å²) in [6, 6.07) is 6.93. The van der Waals surface area contributed by atoms with Gasteiger partial charge in [-0.15, -0.1) is 0 Å².